The van der Waals surface area contributed by atoms with Crippen LogP contribution in [0.4, 0.5) is 0 Å². The SMILES string of the molecule is CCn1c(SCC(=O)NN=Cc2cccc(OCc3ccccc3)c2)nnc1-c1ccc(C)cc1. The Hall–Kier alpha value is -3.91. The summed E-state index contributed by atoms with van der Waals surface area (Å²) in [6, 6.07) is 25.7. The van der Waals surface area contributed by atoms with Gasteiger partial charge in [0.05, 0.1) is 12.0 Å². The number of aromatic nitrogens is 3. The topological polar surface area (TPSA) is 81.4 Å². The van der Waals surface area contributed by atoms with Gasteiger partial charge < -0.3 is 9.30 Å². The van der Waals surface area contributed by atoms with Crippen LogP contribution in [0, 0.1) is 6.92 Å². The Balaban J connectivity index is 1.29. The summed E-state index contributed by atoms with van der Waals surface area (Å²) in [6.07, 6.45) is 1.60. The molecule has 178 valence electrons. The number of carbonyl (C=O) groups excluding carboxylic acids is 1. The van der Waals surface area contributed by atoms with Crippen molar-refractivity contribution < 1.29 is 9.53 Å². The number of benzene rings is 3. The second-order valence-corrected chi connectivity index (χ2v) is 8.79. The van der Waals surface area contributed by atoms with E-state index in [4.69, 9.17) is 4.74 Å². The minimum absolute atomic E-state index is 0.184. The number of aryl methyl sites for hydroxylation is 1. The molecule has 1 amide bonds. The minimum Gasteiger partial charge on any atom is -0.489 e. The number of amides is 1. The average Bonchev–Trinajstić information content (AvgIpc) is 3.30. The largest absolute Gasteiger partial charge is 0.489 e. The highest BCUT2D eigenvalue weighted by Gasteiger charge is 2.14. The number of rotatable bonds is 10. The van der Waals surface area contributed by atoms with Gasteiger partial charge in [0.2, 0.25) is 0 Å². The highest BCUT2D eigenvalue weighted by Crippen LogP contribution is 2.24. The first-order valence-electron chi connectivity index (χ1n) is 11.3. The Bertz CT molecular complexity index is 1290. The summed E-state index contributed by atoms with van der Waals surface area (Å²) < 4.78 is 7.85. The lowest BCUT2D eigenvalue weighted by atomic mass is 10.1. The number of carbonyl (C=O) groups is 1. The van der Waals surface area contributed by atoms with E-state index in [1.54, 1.807) is 6.21 Å². The molecule has 0 fully saturated rings. The minimum atomic E-state index is -0.217. The summed E-state index contributed by atoms with van der Waals surface area (Å²) in [5.74, 6) is 1.50. The summed E-state index contributed by atoms with van der Waals surface area (Å²) >= 11 is 1.34. The van der Waals surface area contributed by atoms with Gasteiger partial charge in [-0.25, -0.2) is 5.43 Å². The maximum absolute atomic E-state index is 12.3. The zero-order valence-corrected chi connectivity index (χ0v) is 20.5. The van der Waals surface area contributed by atoms with Gasteiger partial charge in [-0.15, -0.1) is 10.2 Å². The molecule has 1 aromatic heterocycles. The van der Waals surface area contributed by atoms with Gasteiger partial charge in [-0.3, -0.25) is 4.79 Å². The molecule has 0 saturated carbocycles. The molecule has 0 aliphatic rings. The number of hydrazone groups is 1. The predicted molar refractivity (Wildman–Crippen MR) is 140 cm³/mol. The maximum Gasteiger partial charge on any atom is 0.250 e. The Kier molecular flexibility index (Phi) is 8.30. The van der Waals surface area contributed by atoms with E-state index in [0.717, 1.165) is 28.3 Å². The third-order valence-electron chi connectivity index (χ3n) is 5.18. The van der Waals surface area contributed by atoms with Gasteiger partial charge >= 0.3 is 0 Å². The van der Waals surface area contributed by atoms with E-state index in [-0.39, 0.29) is 11.7 Å². The van der Waals surface area contributed by atoms with Crippen LogP contribution in [0.25, 0.3) is 11.4 Å². The van der Waals surface area contributed by atoms with E-state index in [9.17, 15) is 4.79 Å². The summed E-state index contributed by atoms with van der Waals surface area (Å²) in [7, 11) is 0. The van der Waals surface area contributed by atoms with Gasteiger partial charge in [0, 0.05) is 12.1 Å². The third-order valence-corrected chi connectivity index (χ3v) is 6.15. The normalized spacial score (nSPS) is 11.0. The van der Waals surface area contributed by atoms with Crippen LogP contribution in [-0.2, 0) is 17.9 Å². The monoisotopic (exact) mass is 485 g/mol. The summed E-state index contributed by atoms with van der Waals surface area (Å²) in [5.41, 5.74) is 6.69. The zero-order valence-electron chi connectivity index (χ0n) is 19.7. The quantitative estimate of drug-likeness (QED) is 0.192. The van der Waals surface area contributed by atoms with E-state index in [0.29, 0.717) is 18.3 Å². The van der Waals surface area contributed by atoms with E-state index in [1.165, 1.54) is 17.3 Å². The van der Waals surface area contributed by atoms with Crippen molar-refractivity contribution in [3.63, 3.8) is 0 Å². The first-order chi connectivity index (χ1) is 17.1. The number of hydrogen-bond donors (Lipinski definition) is 1. The van der Waals surface area contributed by atoms with Gasteiger partial charge in [0.15, 0.2) is 11.0 Å². The van der Waals surface area contributed by atoms with Crippen molar-refractivity contribution in [2.24, 2.45) is 5.10 Å². The fourth-order valence-electron chi connectivity index (χ4n) is 3.36. The summed E-state index contributed by atoms with van der Waals surface area (Å²) in [4.78, 5) is 12.3. The number of ether oxygens (including phenoxy) is 1. The average molecular weight is 486 g/mol. The molecule has 1 heterocycles. The fraction of sp³-hybridized carbons (Fsp3) is 0.185. The molecule has 8 heteroatoms. The molecule has 0 radical (unpaired) electrons. The van der Waals surface area contributed by atoms with Crippen molar-refractivity contribution in [3.8, 4) is 17.1 Å². The molecule has 4 aromatic rings. The van der Waals surface area contributed by atoms with E-state index in [2.05, 4.69) is 20.7 Å². The second-order valence-electron chi connectivity index (χ2n) is 7.85. The maximum atomic E-state index is 12.3. The molecule has 1 N–H and O–H groups in total. The van der Waals surface area contributed by atoms with Crippen molar-refractivity contribution in [2.45, 2.75) is 32.2 Å². The fourth-order valence-corrected chi connectivity index (χ4v) is 4.16. The van der Waals surface area contributed by atoms with Gasteiger partial charge in [-0.2, -0.15) is 5.10 Å². The van der Waals surface area contributed by atoms with Crippen LogP contribution in [-0.4, -0.2) is 32.6 Å². The molecule has 0 aliphatic carbocycles. The predicted octanol–water partition coefficient (Wildman–Crippen LogP) is 5.09. The summed E-state index contributed by atoms with van der Waals surface area (Å²) in [5, 5.41) is 13.4. The Morgan fingerprint density at radius 3 is 2.63 bits per heavy atom. The van der Waals surface area contributed by atoms with Crippen molar-refractivity contribution in [1.29, 1.82) is 0 Å². The molecule has 0 atom stereocenters. The number of nitrogens with one attached hydrogen (secondary N) is 1. The van der Waals surface area contributed by atoms with Crippen LogP contribution < -0.4 is 10.2 Å². The third kappa shape index (κ3) is 6.80. The molecule has 0 unspecified atom stereocenters. The first-order valence-corrected chi connectivity index (χ1v) is 12.3. The molecule has 0 spiro atoms. The number of nitrogens with zero attached hydrogens (tertiary/aromatic N) is 4. The van der Waals surface area contributed by atoms with Crippen LogP contribution in [0.1, 0.15) is 23.6 Å². The summed E-state index contributed by atoms with van der Waals surface area (Å²) in [6.45, 7) is 5.28. The van der Waals surface area contributed by atoms with Crippen LogP contribution >= 0.6 is 11.8 Å². The van der Waals surface area contributed by atoms with Gasteiger partial charge in [0.1, 0.15) is 12.4 Å². The van der Waals surface area contributed by atoms with Crippen LogP contribution in [0.5, 0.6) is 5.75 Å². The second kappa shape index (κ2) is 12.0. The van der Waals surface area contributed by atoms with Crippen LogP contribution in [0.15, 0.2) is 89.1 Å². The van der Waals surface area contributed by atoms with Crippen LogP contribution in [0.3, 0.4) is 0 Å². The van der Waals surface area contributed by atoms with Crippen molar-refractivity contribution in [2.75, 3.05) is 5.75 Å². The Morgan fingerprint density at radius 1 is 1.06 bits per heavy atom. The standard InChI is InChI=1S/C27H27N5O2S/c1-3-32-26(23-14-12-20(2)13-15-23)30-31-27(32)35-19-25(33)29-28-17-22-10-7-11-24(16-22)34-18-21-8-5-4-6-9-21/h4-17H,3,18-19H2,1-2H3,(H,29,33). The lowest BCUT2D eigenvalue weighted by molar-refractivity contribution is -0.118. The molecule has 0 bridgehead atoms. The van der Waals surface area contributed by atoms with Gasteiger partial charge in [-0.1, -0.05) is 84.1 Å². The molecule has 7 nitrogen and oxygen atoms in total. The number of thioether (sulfide) groups is 1. The first kappa shape index (κ1) is 24.2. The lowest BCUT2D eigenvalue weighted by Gasteiger charge is -2.07. The molecule has 3 aromatic carbocycles. The zero-order chi connectivity index (χ0) is 24.5. The van der Waals surface area contributed by atoms with E-state index in [1.807, 2.05) is 97.3 Å². The van der Waals surface area contributed by atoms with Gasteiger partial charge in [-0.05, 0) is 37.1 Å². The van der Waals surface area contributed by atoms with Crippen LogP contribution in [0.2, 0.25) is 0 Å². The van der Waals surface area contributed by atoms with E-state index < -0.39 is 0 Å². The molecule has 0 saturated heterocycles. The van der Waals surface area contributed by atoms with Crippen molar-refractivity contribution in [1.82, 2.24) is 20.2 Å². The van der Waals surface area contributed by atoms with E-state index >= 15 is 0 Å². The Labute approximate surface area is 209 Å². The highest BCUT2D eigenvalue weighted by atomic mass is 32.2. The van der Waals surface area contributed by atoms with Gasteiger partial charge in [0.25, 0.3) is 5.91 Å². The molecular weight excluding hydrogens is 458 g/mol. The number of hydrogen-bond acceptors (Lipinski definition) is 6. The Morgan fingerprint density at radius 2 is 1.86 bits per heavy atom. The van der Waals surface area contributed by atoms with Crippen molar-refractivity contribution >= 4 is 23.9 Å². The van der Waals surface area contributed by atoms with Crippen molar-refractivity contribution in [3.05, 3.63) is 95.6 Å². The molecule has 4 rings (SSSR count). The molecule has 0 aliphatic heterocycles. The smallest absolute Gasteiger partial charge is 0.250 e. The molecule has 35 heavy (non-hydrogen) atoms. The molecular formula is C27H27N5O2S. The highest BCUT2D eigenvalue weighted by molar-refractivity contribution is 7.99. The lowest BCUT2D eigenvalue weighted by Crippen LogP contribution is -2.20.